The molecule has 5 nitrogen and oxygen atoms in total. The molecule has 1 saturated heterocycles. The van der Waals surface area contributed by atoms with Crippen LogP contribution in [0.5, 0.6) is 0 Å². The Morgan fingerprint density at radius 1 is 1.16 bits per heavy atom. The fourth-order valence-electron chi connectivity index (χ4n) is 4.37. The summed E-state index contributed by atoms with van der Waals surface area (Å²) in [6.07, 6.45) is 6.50. The largest absolute Gasteiger partial charge is 0.479 e. The van der Waals surface area contributed by atoms with E-state index in [-0.39, 0.29) is 35.5 Å². The first-order chi connectivity index (χ1) is 9.06. The van der Waals surface area contributed by atoms with Gasteiger partial charge >= 0.3 is 5.97 Å². The fraction of sp³-hybridized carbons (Fsp3) is 0.643. The normalized spacial score (nSPS) is 41.6. The highest BCUT2D eigenvalue weighted by Gasteiger charge is 2.66. The lowest BCUT2D eigenvalue weighted by Crippen LogP contribution is -2.61. The van der Waals surface area contributed by atoms with Crippen molar-refractivity contribution in [2.45, 2.75) is 31.2 Å². The van der Waals surface area contributed by atoms with Crippen LogP contribution in [0.3, 0.4) is 0 Å². The number of hydrogen-bond acceptors (Lipinski definition) is 3. The molecule has 2 saturated carbocycles. The molecule has 0 spiro atoms. The Morgan fingerprint density at radius 2 is 1.68 bits per heavy atom. The van der Waals surface area contributed by atoms with Crippen LogP contribution < -0.4 is 0 Å². The van der Waals surface area contributed by atoms with Crippen LogP contribution in [0.2, 0.25) is 0 Å². The first-order valence-electron chi connectivity index (χ1n) is 6.86. The van der Waals surface area contributed by atoms with Crippen molar-refractivity contribution in [3.8, 4) is 0 Å². The van der Waals surface area contributed by atoms with Gasteiger partial charge in [-0.15, -0.1) is 0 Å². The van der Waals surface area contributed by atoms with Crippen molar-refractivity contribution >= 4 is 17.8 Å². The smallest absolute Gasteiger partial charge is 0.330 e. The summed E-state index contributed by atoms with van der Waals surface area (Å²) >= 11 is 0. The molecule has 19 heavy (non-hydrogen) atoms. The molecule has 5 heteroatoms. The standard InChI is InChI=1S/C14H15NO4/c16-11-9-7-2-3-8(6-7)10(9)12(17)15(11)14(13(18)19)4-1-5-14/h2-3,7-10H,1,4-6H2,(H,18,19). The second-order valence-electron chi connectivity index (χ2n) is 6.20. The Balaban J connectivity index is 1.75. The van der Waals surface area contributed by atoms with Crippen molar-refractivity contribution < 1.29 is 19.5 Å². The highest BCUT2D eigenvalue weighted by atomic mass is 16.4. The van der Waals surface area contributed by atoms with Crippen molar-refractivity contribution in [2.24, 2.45) is 23.7 Å². The Labute approximate surface area is 110 Å². The number of carboxylic acid groups (broad SMARTS) is 1. The summed E-state index contributed by atoms with van der Waals surface area (Å²) in [7, 11) is 0. The number of imide groups is 1. The van der Waals surface area contributed by atoms with Crippen LogP contribution in [-0.4, -0.2) is 33.3 Å². The molecule has 2 bridgehead atoms. The molecule has 0 radical (unpaired) electrons. The minimum Gasteiger partial charge on any atom is -0.479 e. The summed E-state index contributed by atoms with van der Waals surface area (Å²) in [5.41, 5.74) is -1.24. The van der Waals surface area contributed by atoms with E-state index in [9.17, 15) is 19.5 Å². The predicted molar refractivity (Wildman–Crippen MR) is 63.8 cm³/mol. The summed E-state index contributed by atoms with van der Waals surface area (Å²) in [5.74, 6) is -1.81. The molecule has 3 fully saturated rings. The third kappa shape index (κ3) is 1.10. The number of nitrogens with zero attached hydrogens (tertiary/aromatic N) is 1. The van der Waals surface area contributed by atoms with Crippen molar-refractivity contribution in [2.75, 3.05) is 0 Å². The SMILES string of the molecule is O=C1C2C3C=CC(C3)C2C(=O)N1C1(C(=O)O)CCC1. The first kappa shape index (κ1) is 11.2. The fourth-order valence-corrected chi connectivity index (χ4v) is 4.37. The molecule has 100 valence electrons. The van der Waals surface area contributed by atoms with Crippen LogP contribution in [0.4, 0.5) is 0 Å². The molecule has 4 unspecified atom stereocenters. The molecule has 2 amide bonds. The Hall–Kier alpha value is -1.65. The number of aliphatic carboxylic acids is 1. The quantitative estimate of drug-likeness (QED) is 0.589. The summed E-state index contributed by atoms with van der Waals surface area (Å²) in [4.78, 5) is 37.7. The number of carbonyl (C=O) groups excluding carboxylic acids is 2. The van der Waals surface area contributed by atoms with Gasteiger partial charge in [-0.2, -0.15) is 0 Å². The number of amides is 2. The summed E-state index contributed by atoms with van der Waals surface area (Å²) in [5, 5.41) is 9.43. The lowest BCUT2D eigenvalue weighted by molar-refractivity contribution is -0.170. The monoisotopic (exact) mass is 261 g/mol. The average molecular weight is 261 g/mol. The topological polar surface area (TPSA) is 74.7 Å². The van der Waals surface area contributed by atoms with Gasteiger partial charge in [-0.25, -0.2) is 4.79 Å². The number of carboxylic acids is 1. The molecule has 3 aliphatic carbocycles. The van der Waals surface area contributed by atoms with Crippen LogP contribution in [-0.2, 0) is 14.4 Å². The third-order valence-corrected chi connectivity index (χ3v) is 5.48. The molecule has 1 heterocycles. The van der Waals surface area contributed by atoms with Gasteiger partial charge in [0.2, 0.25) is 11.8 Å². The molecule has 4 aliphatic rings. The lowest BCUT2D eigenvalue weighted by atomic mass is 9.75. The van der Waals surface area contributed by atoms with Crippen LogP contribution in [0.1, 0.15) is 25.7 Å². The number of allylic oxidation sites excluding steroid dienone is 2. The molecular formula is C14H15NO4. The Bertz CT molecular complexity index is 504. The molecule has 4 rings (SSSR count). The molecule has 0 aromatic heterocycles. The van der Waals surface area contributed by atoms with E-state index in [1.165, 1.54) is 0 Å². The number of fused-ring (bicyclic) bond motifs is 5. The summed E-state index contributed by atoms with van der Waals surface area (Å²) < 4.78 is 0. The molecular weight excluding hydrogens is 246 g/mol. The van der Waals surface area contributed by atoms with Crippen molar-refractivity contribution in [3.63, 3.8) is 0 Å². The second kappa shape index (κ2) is 3.26. The maximum absolute atomic E-state index is 12.5. The van der Waals surface area contributed by atoms with Crippen molar-refractivity contribution in [1.82, 2.24) is 4.90 Å². The van der Waals surface area contributed by atoms with E-state index in [1.807, 2.05) is 12.2 Å². The molecule has 0 aromatic carbocycles. The molecule has 4 atom stereocenters. The maximum Gasteiger partial charge on any atom is 0.330 e. The van der Waals surface area contributed by atoms with Gasteiger partial charge in [-0.1, -0.05) is 12.2 Å². The Kier molecular flexibility index (Phi) is 1.92. The van der Waals surface area contributed by atoms with E-state index >= 15 is 0 Å². The number of hydrogen-bond donors (Lipinski definition) is 1. The predicted octanol–water partition coefficient (Wildman–Crippen LogP) is 0.801. The zero-order valence-corrected chi connectivity index (χ0v) is 10.4. The van der Waals surface area contributed by atoms with Crippen molar-refractivity contribution in [3.05, 3.63) is 12.2 Å². The Morgan fingerprint density at radius 3 is 2.05 bits per heavy atom. The average Bonchev–Trinajstić information content (AvgIpc) is 2.95. The second-order valence-corrected chi connectivity index (χ2v) is 6.20. The lowest BCUT2D eigenvalue weighted by Gasteiger charge is -2.44. The van der Waals surface area contributed by atoms with Gasteiger partial charge in [0.25, 0.3) is 0 Å². The molecule has 1 aliphatic heterocycles. The van der Waals surface area contributed by atoms with Gasteiger partial charge < -0.3 is 5.11 Å². The summed E-state index contributed by atoms with van der Waals surface area (Å²) in [6.45, 7) is 0. The highest BCUT2D eigenvalue weighted by Crippen LogP contribution is 2.55. The molecule has 0 aromatic rings. The highest BCUT2D eigenvalue weighted by molar-refractivity contribution is 6.10. The van der Waals surface area contributed by atoms with Gasteiger partial charge in [0.1, 0.15) is 5.54 Å². The number of likely N-dealkylation sites (tertiary alicyclic amines) is 1. The minimum atomic E-state index is -1.24. The van der Waals surface area contributed by atoms with E-state index in [0.29, 0.717) is 12.8 Å². The van der Waals surface area contributed by atoms with E-state index in [2.05, 4.69) is 0 Å². The van der Waals surface area contributed by atoms with E-state index < -0.39 is 11.5 Å². The van der Waals surface area contributed by atoms with Gasteiger partial charge in [-0.3, -0.25) is 14.5 Å². The maximum atomic E-state index is 12.5. The van der Waals surface area contributed by atoms with Gasteiger partial charge in [0.05, 0.1) is 11.8 Å². The summed E-state index contributed by atoms with van der Waals surface area (Å²) in [6, 6.07) is 0. The zero-order valence-electron chi connectivity index (χ0n) is 10.4. The van der Waals surface area contributed by atoms with Gasteiger partial charge in [-0.05, 0) is 37.5 Å². The first-order valence-corrected chi connectivity index (χ1v) is 6.86. The van der Waals surface area contributed by atoms with E-state index in [1.54, 1.807) is 0 Å². The number of carbonyl (C=O) groups is 3. The van der Waals surface area contributed by atoms with Crippen LogP contribution in [0.15, 0.2) is 12.2 Å². The number of rotatable bonds is 2. The zero-order chi connectivity index (χ0) is 13.4. The molecule has 1 N–H and O–H groups in total. The van der Waals surface area contributed by atoms with Gasteiger partial charge in [0.15, 0.2) is 0 Å². The van der Waals surface area contributed by atoms with E-state index in [0.717, 1.165) is 17.7 Å². The van der Waals surface area contributed by atoms with Crippen molar-refractivity contribution in [1.29, 1.82) is 0 Å². The van der Waals surface area contributed by atoms with Crippen LogP contribution in [0.25, 0.3) is 0 Å². The van der Waals surface area contributed by atoms with E-state index in [4.69, 9.17) is 0 Å². The van der Waals surface area contributed by atoms with Gasteiger partial charge in [0, 0.05) is 0 Å². The third-order valence-electron chi connectivity index (χ3n) is 5.48. The van der Waals surface area contributed by atoms with Crippen LogP contribution in [0, 0.1) is 23.7 Å². The van der Waals surface area contributed by atoms with Crippen LogP contribution >= 0.6 is 0 Å². The minimum absolute atomic E-state index is 0.141.